The van der Waals surface area contributed by atoms with Crippen LogP contribution >= 0.6 is 0 Å². The predicted molar refractivity (Wildman–Crippen MR) is 93.1 cm³/mol. The summed E-state index contributed by atoms with van der Waals surface area (Å²) in [6.45, 7) is 0.971. The maximum atomic E-state index is 13.8. The van der Waals surface area contributed by atoms with Crippen LogP contribution in [0.2, 0.25) is 0 Å². The summed E-state index contributed by atoms with van der Waals surface area (Å²) in [6.07, 6.45) is 1.40. The topological polar surface area (TPSA) is 90.9 Å². The summed E-state index contributed by atoms with van der Waals surface area (Å²) in [7, 11) is 3.05. The smallest absolute Gasteiger partial charge is 0.332 e. The third-order valence-electron chi connectivity index (χ3n) is 4.31. The van der Waals surface area contributed by atoms with Crippen LogP contribution in [0.4, 0.5) is 8.78 Å². The van der Waals surface area contributed by atoms with Crippen molar-refractivity contribution < 1.29 is 13.6 Å². The Labute approximate surface area is 151 Å². The van der Waals surface area contributed by atoms with Crippen LogP contribution in [-0.4, -0.2) is 24.6 Å². The highest BCUT2D eigenvalue weighted by atomic mass is 19.1. The van der Waals surface area contributed by atoms with Gasteiger partial charge in [-0.3, -0.25) is 14.2 Å². The molecule has 0 saturated heterocycles. The summed E-state index contributed by atoms with van der Waals surface area (Å²) < 4.78 is 30.3. The third-order valence-corrected chi connectivity index (χ3v) is 4.31. The lowest BCUT2D eigenvalue weighted by molar-refractivity contribution is -0.122. The fraction of sp³-hybridized carbons (Fsp3) is 0.294. The van der Waals surface area contributed by atoms with Gasteiger partial charge >= 0.3 is 5.69 Å². The molecular formula is C17H17F2N5O3. The van der Waals surface area contributed by atoms with Crippen molar-refractivity contribution in [3.63, 3.8) is 0 Å². The molecule has 2 heterocycles. The molecule has 0 aliphatic rings. The van der Waals surface area contributed by atoms with E-state index in [0.29, 0.717) is 6.07 Å². The number of amides is 1. The molecule has 0 saturated carbocycles. The first-order valence-electron chi connectivity index (χ1n) is 8.06. The number of fused-ring (bicyclic) bond motifs is 1. The molecule has 1 unspecified atom stereocenters. The standard InChI is InChI=1S/C17H17F2N5O3/c1-9(11-5-4-10(18)6-12(11)19)21-13(25)7-24-16(26)14-15(20-8-22(14)2)23(3)17(24)27/h4-6,8-9H,7H2,1-3H3,(H,21,25). The van der Waals surface area contributed by atoms with Crippen molar-refractivity contribution in [2.24, 2.45) is 14.1 Å². The number of hydrogen-bond acceptors (Lipinski definition) is 4. The summed E-state index contributed by atoms with van der Waals surface area (Å²) >= 11 is 0. The van der Waals surface area contributed by atoms with Gasteiger partial charge in [0.25, 0.3) is 5.56 Å². The fourth-order valence-corrected chi connectivity index (χ4v) is 2.90. The zero-order valence-corrected chi connectivity index (χ0v) is 14.9. The van der Waals surface area contributed by atoms with Crippen molar-refractivity contribution in [1.82, 2.24) is 24.0 Å². The lowest BCUT2D eigenvalue weighted by atomic mass is 10.1. The van der Waals surface area contributed by atoms with Gasteiger partial charge in [-0.2, -0.15) is 0 Å². The van der Waals surface area contributed by atoms with Crippen LogP contribution < -0.4 is 16.6 Å². The normalized spacial score (nSPS) is 12.3. The van der Waals surface area contributed by atoms with Gasteiger partial charge in [0.2, 0.25) is 5.91 Å². The van der Waals surface area contributed by atoms with Crippen molar-refractivity contribution >= 4 is 17.1 Å². The minimum absolute atomic E-state index is 0.0899. The Morgan fingerprint density at radius 1 is 1.26 bits per heavy atom. The number of aryl methyl sites for hydroxylation is 2. The highest BCUT2D eigenvalue weighted by molar-refractivity contribution is 5.77. The number of benzene rings is 1. The predicted octanol–water partition coefficient (Wildman–Crippen LogP) is 0.589. The molecule has 2 aromatic heterocycles. The summed E-state index contributed by atoms with van der Waals surface area (Å²) in [6, 6.07) is 2.24. The molecule has 1 amide bonds. The van der Waals surface area contributed by atoms with E-state index >= 15 is 0 Å². The van der Waals surface area contributed by atoms with Gasteiger partial charge in [0.05, 0.1) is 12.4 Å². The molecule has 0 spiro atoms. The molecule has 10 heteroatoms. The fourth-order valence-electron chi connectivity index (χ4n) is 2.90. The molecule has 0 aliphatic carbocycles. The summed E-state index contributed by atoms with van der Waals surface area (Å²) in [5.41, 5.74) is -0.855. The van der Waals surface area contributed by atoms with Gasteiger partial charge in [-0.1, -0.05) is 6.07 Å². The minimum Gasteiger partial charge on any atom is -0.348 e. The van der Waals surface area contributed by atoms with Crippen molar-refractivity contribution in [2.75, 3.05) is 0 Å². The van der Waals surface area contributed by atoms with E-state index in [2.05, 4.69) is 10.3 Å². The second kappa shape index (κ2) is 6.78. The van der Waals surface area contributed by atoms with Gasteiger partial charge in [-0.05, 0) is 13.0 Å². The van der Waals surface area contributed by atoms with E-state index in [-0.39, 0.29) is 16.7 Å². The third kappa shape index (κ3) is 3.25. The van der Waals surface area contributed by atoms with E-state index in [1.165, 1.54) is 35.5 Å². The number of carbonyl (C=O) groups excluding carboxylic acids is 1. The quantitative estimate of drug-likeness (QED) is 0.721. The first-order valence-corrected chi connectivity index (χ1v) is 8.06. The van der Waals surface area contributed by atoms with Crippen LogP contribution in [0.15, 0.2) is 34.1 Å². The Balaban J connectivity index is 1.89. The number of carbonyl (C=O) groups is 1. The van der Waals surface area contributed by atoms with Crippen LogP contribution in [0.25, 0.3) is 11.2 Å². The SMILES string of the molecule is CC(NC(=O)Cn1c(=O)c2c(ncn2C)n(C)c1=O)c1ccc(F)cc1F. The highest BCUT2D eigenvalue weighted by Crippen LogP contribution is 2.17. The molecule has 3 rings (SSSR count). The van der Waals surface area contributed by atoms with Gasteiger partial charge in [-0.25, -0.2) is 23.1 Å². The molecule has 0 bridgehead atoms. The second-order valence-corrected chi connectivity index (χ2v) is 6.22. The second-order valence-electron chi connectivity index (χ2n) is 6.22. The number of hydrogen-bond donors (Lipinski definition) is 1. The monoisotopic (exact) mass is 377 g/mol. The van der Waals surface area contributed by atoms with Crippen LogP contribution in [0, 0.1) is 11.6 Å². The molecule has 0 fully saturated rings. The van der Waals surface area contributed by atoms with Gasteiger partial charge in [0.1, 0.15) is 18.2 Å². The van der Waals surface area contributed by atoms with Gasteiger partial charge in [-0.15, -0.1) is 0 Å². The highest BCUT2D eigenvalue weighted by Gasteiger charge is 2.19. The molecular weight excluding hydrogens is 360 g/mol. The Hall–Kier alpha value is -3.30. The number of nitrogens with zero attached hydrogens (tertiary/aromatic N) is 4. The van der Waals surface area contributed by atoms with E-state index in [9.17, 15) is 23.2 Å². The Morgan fingerprint density at radius 3 is 2.63 bits per heavy atom. The lowest BCUT2D eigenvalue weighted by Crippen LogP contribution is -2.44. The van der Waals surface area contributed by atoms with E-state index in [0.717, 1.165) is 10.6 Å². The lowest BCUT2D eigenvalue weighted by Gasteiger charge is -2.16. The number of imidazole rings is 1. The van der Waals surface area contributed by atoms with Crippen LogP contribution in [0.1, 0.15) is 18.5 Å². The van der Waals surface area contributed by atoms with Crippen LogP contribution in [0.3, 0.4) is 0 Å². The first kappa shape index (κ1) is 18.5. The molecule has 1 N–H and O–H groups in total. The van der Waals surface area contributed by atoms with E-state index in [1.54, 1.807) is 7.05 Å². The Morgan fingerprint density at radius 2 is 1.96 bits per heavy atom. The molecule has 27 heavy (non-hydrogen) atoms. The Bertz CT molecular complexity index is 1160. The zero-order valence-electron chi connectivity index (χ0n) is 14.9. The number of halogens is 2. The van der Waals surface area contributed by atoms with Crippen LogP contribution in [0.5, 0.6) is 0 Å². The van der Waals surface area contributed by atoms with Gasteiger partial charge in [0.15, 0.2) is 11.2 Å². The molecule has 142 valence electrons. The van der Waals surface area contributed by atoms with E-state index in [1.807, 2.05) is 0 Å². The maximum absolute atomic E-state index is 13.8. The number of rotatable bonds is 4. The van der Waals surface area contributed by atoms with E-state index in [4.69, 9.17) is 0 Å². The largest absolute Gasteiger partial charge is 0.348 e. The summed E-state index contributed by atoms with van der Waals surface area (Å²) in [5, 5.41) is 2.50. The van der Waals surface area contributed by atoms with Crippen molar-refractivity contribution in [1.29, 1.82) is 0 Å². The summed E-state index contributed by atoms with van der Waals surface area (Å²) in [5.74, 6) is -2.19. The molecule has 3 aromatic rings. The number of aromatic nitrogens is 4. The van der Waals surface area contributed by atoms with Crippen molar-refractivity contribution in [2.45, 2.75) is 19.5 Å². The van der Waals surface area contributed by atoms with Crippen molar-refractivity contribution in [3.8, 4) is 0 Å². The molecule has 1 atom stereocenters. The minimum atomic E-state index is -0.799. The molecule has 8 nitrogen and oxygen atoms in total. The average Bonchev–Trinajstić information content (AvgIpc) is 2.98. The molecule has 0 radical (unpaired) electrons. The maximum Gasteiger partial charge on any atom is 0.332 e. The Kier molecular flexibility index (Phi) is 4.64. The van der Waals surface area contributed by atoms with Crippen LogP contribution in [-0.2, 0) is 25.4 Å². The average molecular weight is 377 g/mol. The summed E-state index contributed by atoms with van der Waals surface area (Å²) in [4.78, 5) is 41.3. The molecule has 0 aliphatic heterocycles. The van der Waals surface area contributed by atoms with Crippen molar-refractivity contribution in [3.05, 3.63) is 62.6 Å². The van der Waals surface area contributed by atoms with Gasteiger partial charge < -0.3 is 9.88 Å². The van der Waals surface area contributed by atoms with E-state index < -0.39 is 41.4 Å². The van der Waals surface area contributed by atoms with Gasteiger partial charge in [0, 0.05) is 25.7 Å². The first-order chi connectivity index (χ1) is 12.7. The zero-order chi connectivity index (χ0) is 19.9. The molecule has 1 aromatic carbocycles. The number of nitrogens with one attached hydrogen (secondary N) is 1.